The van der Waals surface area contributed by atoms with E-state index in [-0.39, 0.29) is 6.61 Å². The Morgan fingerprint density at radius 2 is 2.13 bits per heavy atom. The van der Waals surface area contributed by atoms with E-state index in [0.717, 1.165) is 10.4 Å². The maximum Gasteiger partial charge on any atom is 0.276 e. The van der Waals surface area contributed by atoms with Crippen LogP contribution in [0.5, 0.6) is 5.75 Å². The van der Waals surface area contributed by atoms with Crippen LogP contribution in [-0.2, 0) is 9.59 Å². The van der Waals surface area contributed by atoms with Gasteiger partial charge < -0.3 is 4.74 Å². The van der Waals surface area contributed by atoms with Gasteiger partial charge in [-0.15, -0.1) is 11.3 Å². The highest BCUT2D eigenvalue weighted by atomic mass is 35.5. The molecule has 5 nitrogen and oxygen atoms in total. The summed E-state index contributed by atoms with van der Waals surface area (Å²) in [5.74, 6) is -0.319. The summed E-state index contributed by atoms with van der Waals surface area (Å²) in [5.41, 5.74) is 5.39. The van der Waals surface area contributed by atoms with Crippen LogP contribution >= 0.6 is 22.9 Å². The summed E-state index contributed by atoms with van der Waals surface area (Å²) in [6, 6.07) is 8.88. The first-order chi connectivity index (χ1) is 11.0. The molecule has 0 atom stereocenters. The number of aryl methyl sites for hydroxylation is 1. The second-order valence-corrected chi connectivity index (χ2v) is 6.00. The number of benzene rings is 1. The molecule has 0 aliphatic heterocycles. The molecular formula is C16H15ClN2O3S. The molecule has 2 N–H and O–H groups in total. The first-order valence-electron chi connectivity index (χ1n) is 6.74. The van der Waals surface area contributed by atoms with Gasteiger partial charge in [0.15, 0.2) is 6.61 Å². The zero-order chi connectivity index (χ0) is 16.7. The monoisotopic (exact) mass is 350 g/mol. The number of nitrogens with one attached hydrogen (secondary N) is 2. The van der Waals surface area contributed by atoms with E-state index in [1.165, 1.54) is 17.4 Å². The van der Waals surface area contributed by atoms with Crippen molar-refractivity contribution in [2.24, 2.45) is 0 Å². The van der Waals surface area contributed by atoms with Crippen LogP contribution in [0, 0.1) is 6.92 Å². The lowest BCUT2D eigenvalue weighted by Gasteiger charge is -2.09. The number of halogens is 1. The summed E-state index contributed by atoms with van der Waals surface area (Å²) < 4.78 is 5.37. The highest BCUT2D eigenvalue weighted by Gasteiger charge is 2.06. The van der Waals surface area contributed by atoms with Gasteiger partial charge >= 0.3 is 0 Å². The normalized spacial score (nSPS) is 10.5. The van der Waals surface area contributed by atoms with Gasteiger partial charge in [-0.25, -0.2) is 0 Å². The van der Waals surface area contributed by atoms with Crippen molar-refractivity contribution in [2.45, 2.75) is 6.92 Å². The number of amides is 2. The van der Waals surface area contributed by atoms with Crippen molar-refractivity contribution < 1.29 is 14.3 Å². The van der Waals surface area contributed by atoms with Crippen molar-refractivity contribution in [3.8, 4) is 5.75 Å². The molecule has 0 fully saturated rings. The molecule has 7 heteroatoms. The molecule has 1 aromatic heterocycles. The van der Waals surface area contributed by atoms with Gasteiger partial charge in [-0.05, 0) is 48.2 Å². The predicted molar refractivity (Wildman–Crippen MR) is 91.3 cm³/mol. The summed E-state index contributed by atoms with van der Waals surface area (Å²) in [4.78, 5) is 24.1. The molecule has 2 amide bonds. The molecule has 0 aliphatic carbocycles. The molecule has 120 valence electrons. The van der Waals surface area contributed by atoms with Gasteiger partial charge in [0.2, 0.25) is 0 Å². The van der Waals surface area contributed by atoms with Crippen molar-refractivity contribution in [3.05, 3.63) is 57.3 Å². The molecule has 1 aromatic carbocycles. The van der Waals surface area contributed by atoms with E-state index in [0.29, 0.717) is 10.8 Å². The van der Waals surface area contributed by atoms with Crippen LogP contribution in [0.3, 0.4) is 0 Å². The minimum atomic E-state index is -0.461. The van der Waals surface area contributed by atoms with Crippen LogP contribution in [0.25, 0.3) is 6.08 Å². The molecule has 2 rings (SSSR count). The van der Waals surface area contributed by atoms with Crippen LogP contribution in [-0.4, -0.2) is 18.4 Å². The minimum Gasteiger partial charge on any atom is -0.483 e. The van der Waals surface area contributed by atoms with Gasteiger partial charge in [-0.2, -0.15) is 0 Å². The standard InChI is InChI=1S/C16H15ClN2O3S/c1-11-9-12(17)4-6-14(11)22-10-16(21)19-18-15(20)7-5-13-3-2-8-23-13/h2-9H,10H2,1H3,(H,18,20)(H,19,21)/b7-5+. The zero-order valence-electron chi connectivity index (χ0n) is 12.3. The summed E-state index contributed by atoms with van der Waals surface area (Å²) in [6.07, 6.45) is 3.01. The molecule has 0 unspecified atom stereocenters. The third kappa shape index (κ3) is 5.77. The summed E-state index contributed by atoms with van der Waals surface area (Å²) in [7, 11) is 0. The highest BCUT2D eigenvalue weighted by Crippen LogP contribution is 2.21. The van der Waals surface area contributed by atoms with E-state index < -0.39 is 11.8 Å². The fourth-order valence-electron chi connectivity index (χ4n) is 1.67. The Morgan fingerprint density at radius 1 is 1.30 bits per heavy atom. The second kappa shape index (κ2) is 8.36. The van der Waals surface area contributed by atoms with Crippen molar-refractivity contribution in [1.29, 1.82) is 0 Å². The van der Waals surface area contributed by atoms with E-state index >= 15 is 0 Å². The third-order valence-corrected chi connectivity index (χ3v) is 3.84. The highest BCUT2D eigenvalue weighted by molar-refractivity contribution is 7.10. The van der Waals surface area contributed by atoms with Crippen LogP contribution < -0.4 is 15.6 Å². The molecule has 0 saturated carbocycles. The first-order valence-corrected chi connectivity index (χ1v) is 8.00. The Hall–Kier alpha value is -2.31. The topological polar surface area (TPSA) is 67.4 Å². The quantitative estimate of drug-likeness (QED) is 0.643. The van der Waals surface area contributed by atoms with Crippen LogP contribution in [0.15, 0.2) is 41.8 Å². The Bertz CT molecular complexity index is 714. The average molecular weight is 351 g/mol. The van der Waals surface area contributed by atoms with E-state index in [1.54, 1.807) is 24.3 Å². The first kappa shape index (κ1) is 17.1. The van der Waals surface area contributed by atoms with Gasteiger partial charge in [0.05, 0.1) is 0 Å². The number of rotatable bonds is 5. The molecule has 0 saturated heterocycles. The lowest BCUT2D eigenvalue weighted by Crippen LogP contribution is -2.43. The number of carbonyl (C=O) groups is 2. The van der Waals surface area contributed by atoms with Gasteiger partial charge in [-0.3, -0.25) is 20.4 Å². The van der Waals surface area contributed by atoms with Gasteiger partial charge in [0.1, 0.15) is 5.75 Å². The minimum absolute atomic E-state index is 0.211. The SMILES string of the molecule is Cc1cc(Cl)ccc1OCC(=O)NNC(=O)/C=C/c1cccs1. The van der Waals surface area contributed by atoms with Crippen molar-refractivity contribution in [1.82, 2.24) is 10.9 Å². The van der Waals surface area contributed by atoms with E-state index in [4.69, 9.17) is 16.3 Å². The summed E-state index contributed by atoms with van der Waals surface area (Å²) in [6.45, 7) is 1.62. The largest absolute Gasteiger partial charge is 0.483 e. The van der Waals surface area contributed by atoms with Crippen LogP contribution in [0.1, 0.15) is 10.4 Å². The number of hydrazine groups is 1. The van der Waals surface area contributed by atoms with Crippen molar-refractivity contribution in [3.63, 3.8) is 0 Å². The summed E-state index contributed by atoms with van der Waals surface area (Å²) in [5, 5.41) is 2.51. The molecule has 0 aliphatic rings. The number of hydrogen-bond donors (Lipinski definition) is 2. The predicted octanol–water partition coefficient (Wildman–Crippen LogP) is 2.95. The van der Waals surface area contributed by atoms with Crippen LogP contribution in [0.2, 0.25) is 5.02 Å². The molecule has 23 heavy (non-hydrogen) atoms. The van der Waals surface area contributed by atoms with E-state index in [2.05, 4.69) is 10.9 Å². The fourth-order valence-corrected chi connectivity index (χ4v) is 2.52. The van der Waals surface area contributed by atoms with Crippen molar-refractivity contribution >= 4 is 40.8 Å². The lowest BCUT2D eigenvalue weighted by atomic mass is 10.2. The lowest BCUT2D eigenvalue weighted by molar-refractivity contribution is -0.128. The Labute approximate surface area is 142 Å². The summed E-state index contributed by atoms with van der Waals surface area (Å²) >= 11 is 7.36. The Morgan fingerprint density at radius 3 is 2.83 bits per heavy atom. The number of carbonyl (C=O) groups excluding carboxylic acids is 2. The molecular weight excluding hydrogens is 336 g/mol. The van der Waals surface area contributed by atoms with Gasteiger partial charge in [-0.1, -0.05) is 17.7 Å². The zero-order valence-corrected chi connectivity index (χ0v) is 13.9. The molecule has 0 bridgehead atoms. The molecule has 1 heterocycles. The molecule has 0 radical (unpaired) electrons. The number of ether oxygens (including phenoxy) is 1. The maximum atomic E-state index is 11.6. The Kier molecular flexibility index (Phi) is 6.19. The number of hydrogen-bond acceptors (Lipinski definition) is 4. The van der Waals surface area contributed by atoms with Gasteiger partial charge in [0.25, 0.3) is 11.8 Å². The molecule has 2 aromatic rings. The van der Waals surface area contributed by atoms with Crippen molar-refractivity contribution in [2.75, 3.05) is 6.61 Å². The smallest absolute Gasteiger partial charge is 0.276 e. The third-order valence-electron chi connectivity index (χ3n) is 2.76. The molecule has 0 spiro atoms. The second-order valence-electron chi connectivity index (χ2n) is 4.58. The fraction of sp³-hybridized carbons (Fsp3) is 0.125. The number of thiophene rings is 1. The maximum absolute atomic E-state index is 11.6. The van der Waals surface area contributed by atoms with Crippen LogP contribution in [0.4, 0.5) is 0 Å². The van der Waals surface area contributed by atoms with E-state index in [1.807, 2.05) is 24.4 Å². The van der Waals surface area contributed by atoms with E-state index in [9.17, 15) is 9.59 Å². The Balaban J connectivity index is 1.73. The van der Waals surface area contributed by atoms with Gasteiger partial charge in [0, 0.05) is 16.0 Å². The average Bonchev–Trinajstić information content (AvgIpc) is 3.03.